The second kappa shape index (κ2) is 11.9. The van der Waals surface area contributed by atoms with Gasteiger partial charge in [-0.05, 0) is 64.7 Å². The SMILES string of the molecule is CC1N=C2N[C@H](CC/C=C\CCCO)C[C@@H]3CCC(=C1C(=O)OCCCCN=C(N)N)N23. The van der Waals surface area contributed by atoms with E-state index in [1.807, 2.05) is 6.92 Å². The highest BCUT2D eigenvalue weighted by Crippen LogP contribution is 2.39. The quantitative estimate of drug-likeness (QED) is 0.117. The van der Waals surface area contributed by atoms with Gasteiger partial charge in [0.25, 0.3) is 0 Å². The van der Waals surface area contributed by atoms with E-state index >= 15 is 0 Å². The molecule has 2 fully saturated rings. The summed E-state index contributed by atoms with van der Waals surface area (Å²) >= 11 is 0. The maximum Gasteiger partial charge on any atom is 0.337 e. The first-order valence-corrected chi connectivity index (χ1v) is 11.9. The van der Waals surface area contributed by atoms with Gasteiger partial charge >= 0.3 is 5.97 Å². The molecule has 9 nitrogen and oxygen atoms in total. The molecule has 1 unspecified atom stereocenters. The molecule has 3 aliphatic rings. The van der Waals surface area contributed by atoms with Gasteiger partial charge in [0, 0.05) is 30.9 Å². The van der Waals surface area contributed by atoms with E-state index in [4.69, 9.17) is 26.3 Å². The first kappa shape index (κ1) is 24.1. The highest BCUT2D eigenvalue weighted by Gasteiger charge is 2.44. The Morgan fingerprint density at radius 2 is 2.12 bits per heavy atom. The lowest BCUT2D eigenvalue weighted by atomic mass is 9.98. The average Bonchev–Trinajstić information content (AvgIpc) is 3.17. The lowest BCUT2D eigenvalue weighted by Crippen LogP contribution is -2.56. The van der Waals surface area contributed by atoms with Crippen LogP contribution in [-0.4, -0.2) is 65.8 Å². The predicted molar refractivity (Wildman–Crippen MR) is 126 cm³/mol. The number of nitrogens with zero attached hydrogens (tertiary/aromatic N) is 3. The minimum atomic E-state index is -0.257. The Kier molecular flexibility index (Phi) is 8.96. The summed E-state index contributed by atoms with van der Waals surface area (Å²) < 4.78 is 5.56. The van der Waals surface area contributed by atoms with E-state index < -0.39 is 0 Å². The lowest BCUT2D eigenvalue weighted by molar-refractivity contribution is -0.139. The number of hydrogen-bond donors (Lipinski definition) is 4. The molecule has 3 atom stereocenters. The fraction of sp³-hybridized carbons (Fsp3) is 0.696. The predicted octanol–water partition coefficient (Wildman–Crippen LogP) is 1.53. The van der Waals surface area contributed by atoms with E-state index in [-0.39, 0.29) is 24.6 Å². The number of allylic oxidation sites excluding steroid dienone is 3. The Bertz CT molecular complexity index is 772. The second-order valence-electron chi connectivity index (χ2n) is 8.69. The molecule has 0 amide bonds. The summed E-state index contributed by atoms with van der Waals surface area (Å²) in [5, 5.41) is 12.5. The zero-order valence-corrected chi connectivity index (χ0v) is 19.1. The Morgan fingerprint density at radius 1 is 1.31 bits per heavy atom. The van der Waals surface area contributed by atoms with E-state index in [1.54, 1.807) is 0 Å². The number of ether oxygens (including phenoxy) is 1. The van der Waals surface area contributed by atoms with Crippen molar-refractivity contribution >= 4 is 17.9 Å². The van der Waals surface area contributed by atoms with Crippen molar-refractivity contribution in [2.45, 2.75) is 82.8 Å². The van der Waals surface area contributed by atoms with Gasteiger partial charge in [-0.15, -0.1) is 0 Å². The number of nitrogens with one attached hydrogen (secondary N) is 1. The molecule has 3 rings (SSSR count). The fourth-order valence-corrected chi connectivity index (χ4v) is 4.68. The van der Waals surface area contributed by atoms with Gasteiger partial charge < -0.3 is 31.5 Å². The number of rotatable bonds is 12. The highest BCUT2D eigenvalue weighted by molar-refractivity contribution is 5.95. The lowest BCUT2D eigenvalue weighted by Gasteiger charge is -2.42. The van der Waals surface area contributed by atoms with Crippen LogP contribution in [0.15, 0.2) is 33.4 Å². The van der Waals surface area contributed by atoms with Crippen LogP contribution in [0.5, 0.6) is 0 Å². The van der Waals surface area contributed by atoms with Crippen molar-refractivity contribution in [3.63, 3.8) is 0 Å². The molecule has 0 aromatic carbocycles. The molecule has 2 saturated heterocycles. The van der Waals surface area contributed by atoms with Crippen LogP contribution in [0, 0.1) is 0 Å². The van der Waals surface area contributed by atoms with Gasteiger partial charge in [0.15, 0.2) is 11.9 Å². The summed E-state index contributed by atoms with van der Waals surface area (Å²) in [5.74, 6) is 0.735. The smallest absolute Gasteiger partial charge is 0.337 e. The molecule has 32 heavy (non-hydrogen) atoms. The van der Waals surface area contributed by atoms with Crippen LogP contribution in [0.1, 0.15) is 64.7 Å². The number of guanidine groups is 2. The average molecular weight is 447 g/mol. The maximum absolute atomic E-state index is 12.8. The molecule has 9 heteroatoms. The van der Waals surface area contributed by atoms with Crippen molar-refractivity contribution in [3.8, 4) is 0 Å². The molecule has 0 spiro atoms. The molecular weight excluding hydrogens is 408 g/mol. The van der Waals surface area contributed by atoms with E-state index in [1.165, 1.54) is 0 Å². The maximum atomic E-state index is 12.8. The van der Waals surface area contributed by atoms with Crippen molar-refractivity contribution in [1.82, 2.24) is 10.2 Å². The van der Waals surface area contributed by atoms with Crippen LogP contribution < -0.4 is 16.8 Å². The first-order chi connectivity index (χ1) is 15.5. The highest BCUT2D eigenvalue weighted by atomic mass is 16.5. The third-order valence-corrected chi connectivity index (χ3v) is 6.21. The number of carbonyl (C=O) groups is 1. The number of hydrogen-bond acceptors (Lipinski definition) is 7. The van der Waals surface area contributed by atoms with Crippen LogP contribution in [0.2, 0.25) is 0 Å². The van der Waals surface area contributed by atoms with Gasteiger partial charge in [0.05, 0.1) is 18.2 Å². The minimum Gasteiger partial charge on any atom is -0.462 e. The monoisotopic (exact) mass is 446 g/mol. The second-order valence-corrected chi connectivity index (χ2v) is 8.69. The Hall–Kier alpha value is -2.55. The number of carbonyl (C=O) groups excluding carboxylic acids is 1. The third-order valence-electron chi connectivity index (χ3n) is 6.21. The summed E-state index contributed by atoms with van der Waals surface area (Å²) in [5.41, 5.74) is 12.4. The fourth-order valence-electron chi connectivity index (χ4n) is 4.68. The van der Waals surface area contributed by atoms with Crippen molar-refractivity contribution in [2.24, 2.45) is 21.5 Å². The summed E-state index contributed by atoms with van der Waals surface area (Å²) in [4.78, 5) is 23.8. The molecular formula is C23H38N6O3. The molecule has 0 bridgehead atoms. The van der Waals surface area contributed by atoms with Crippen molar-refractivity contribution in [2.75, 3.05) is 19.8 Å². The van der Waals surface area contributed by atoms with E-state index in [2.05, 4.69) is 27.4 Å². The summed E-state index contributed by atoms with van der Waals surface area (Å²) in [7, 11) is 0. The van der Waals surface area contributed by atoms with Crippen molar-refractivity contribution in [3.05, 3.63) is 23.4 Å². The molecule has 0 aromatic rings. The Morgan fingerprint density at radius 3 is 2.91 bits per heavy atom. The van der Waals surface area contributed by atoms with E-state index in [0.717, 1.165) is 69.4 Å². The molecule has 178 valence electrons. The zero-order valence-electron chi connectivity index (χ0n) is 19.1. The van der Waals surface area contributed by atoms with Crippen LogP contribution in [0.3, 0.4) is 0 Å². The van der Waals surface area contributed by atoms with Crippen LogP contribution in [0.4, 0.5) is 0 Å². The van der Waals surface area contributed by atoms with Gasteiger partial charge in [0.2, 0.25) is 0 Å². The number of nitrogens with two attached hydrogens (primary N) is 2. The summed E-state index contributed by atoms with van der Waals surface area (Å²) in [6.07, 6.45) is 12.7. The van der Waals surface area contributed by atoms with Gasteiger partial charge in [-0.1, -0.05) is 12.2 Å². The number of unbranched alkanes of at least 4 members (excludes halogenated alkanes) is 2. The van der Waals surface area contributed by atoms with Gasteiger partial charge in [-0.2, -0.15) is 0 Å². The van der Waals surface area contributed by atoms with Crippen LogP contribution in [-0.2, 0) is 9.53 Å². The van der Waals surface area contributed by atoms with Crippen LogP contribution >= 0.6 is 0 Å². The number of aliphatic hydroxyl groups excluding tert-OH is 1. The molecule has 0 aliphatic carbocycles. The van der Waals surface area contributed by atoms with Gasteiger partial charge in [0.1, 0.15) is 0 Å². The number of aliphatic hydroxyl groups is 1. The van der Waals surface area contributed by atoms with Crippen molar-refractivity contribution in [1.29, 1.82) is 0 Å². The zero-order chi connectivity index (χ0) is 22.9. The minimum absolute atomic E-state index is 0.0846. The standard InChI is InChI=1S/C23H38N6O3/c1-16-20(21(31)32-14-8-6-12-26-22(24)25)19-11-10-18-15-17(28-23(27-16)29(18)19)9-5-3-2-4-7-13-30/h2-3,16-18,30H,4-15H2,1H3,(H,27,28)(H4,24,25,26)/b3-2-/t16?,17-,18+/m1/s1. The van der Waals surface area contributed by atoms with Crippen LogP contribution in [0.25, 0.3) is 0 Å². The number of aliphatic imine (C=N–C) groups is 2. The molecule has 3 aliphatic heterocycles. The van der Waals surface area contributed by atoms with Gasteiger partial charge in [-0.25, -0.2) is 9.79 Å². The Balaban J connectivity index is 1.52. The molecule has 0 saturated carbocycles. The van der Waals surface area contributed by atoms with Crippen molar-refractivity contribution < 1.29 is 14.6 Å². The molecule has 6 N–H and O–H groups in total. The van der Waals surface area contributed by atoms with E-state index in [0.29, 0.717) is 30.8 Å². The molecule has 0 aromatic heterocycles. The summed E-state index contributed by atoms with van der Waals surface area (Å²) in [6, 6.07) is 0.569. The first-order valence-electron chi connectivity index (χ1n) is 11.9. The number of esters is 1. The molecule has 3 heterocycles. The van der Waals surface area contributed by atoms with E-state index in [9.17, 15) is 4.79 Å². The topological polar surface area (TPSA) is 139 Å². The largest absolute Gasteiger partial charge is 0.462 e. The molecule has 0 radical (unpaired) electrons. The normalized spacial score (nSPS) is 24.2. The Labute approximate surface area is 190 Å². The van der Waals surface area contributed by atoms with Gasteiger partial charge in [-0.3, -0.25) is 4.99 Å². The third kappa shape index (κ3) is 6.25. The summed E-state index contributed by atoms with van der Waals surface area (Å²) in [6.45, 7) is 3.11.